The quantitative estimate of drug-likeness (QED) is 0.901. The molecule has 3 rings (SSSR count). The molecule has 1 heterocycles. The Hall–Kier alpha value is -1.62. The zero-order valence-corrected chi connectivity index (χ0v) is 12.1. The van der Waals surface area contributed by atoms with E-state index in [1.165, 1.54) is 11.6 Å². The summed E-state index contributed by atoms with van der Waals surface area (Å²) in [6, 6.07) is 7.78. The van der Waals surface area contributed by atoms with E-state index in [0.29, 0.717) is 18.8 Å². The maximum absolute atomic E-state index is 13.1. The van der Waals surface area contributed by atoms with Crippen molar-refractivity contribution in [3.63, 3.8) is 0 Å². The van der Waals surface area contributed by atoms with Crippen molar-refractivity contribution in [2.24, 2.45) is 0 Å². The SMILES string of the molecule is Fc1ccc(NCc2cc(Br)cc3c2OCC3)cc1F. The normalized spacial score (nSPS) is 12.9. The Labute approximate surface area is 123 Å². The minimum atomic E-state index is -0.856. The van der Waals surface area contributed by atoms with Crippen LogP contribution in [0.5, 0.6) is 5.75 Å². The van der Waals surface area contributed by atoms with Crippen LogP contribution in [0.3, 0.4) is 0 Å². The Morgan fingerprint density at radius 1 is 1.15 bits per heavy atom. The zero-order valence-electron chi connectivity index (χ0n) is 10.6. The van der Waals surface area contributed by atoms with Gasteiger partial charge in [-0.15, -0.1) is 0 Å². The molecule has 0 saturated heterocycles. The third-order valence-corrected chi connectivity index (χ3v) is 3.69. The summed E-state index contributed by atoms with van der Waals surface area (Å²) in [6.45, 7) is 1.18. The molecule has 0 saturated carbocycles. The second-order valence-electron chi connectivity index (χ2n) is 4.63. The summed E-state index contributed by atoms with van der Waals surface area (Å²) >= 11 is 3.47. The molecule has 0 bridgehead atoms. The number of ether oxygens (including phenoxy) is 1. The van der Waals surface area contributed by atoms with Crippen molar-refractivity contribution < 1.29 is 13.5 Å². The van der Waals surface area contributed by atoms with Crippen molar-refractivity contribution in [3.05, 3.63) is 57.6 Å². The lowest BCUT2D eigenvalue weighted by molar-refractivity contribution is 0.354. The fourth-order valence-corrected chi connectivity index (χ4v) is 2.83. The van der Waals surface area contributed by atoms with Crippen LogP contribution in [0, 0.1) is 11.6 Å². The minimum absolute atomic E-state index is 0.493. The highest BCUT2D eigenvalue weighted by Gasteiger charge is 2.17. The second kappa shape index (κ2) is 5.40. The van der Waals surface area contributed by atoms with Gasteiger partial charge in [0.05, 0.1) is 6.61 Å². The van der Waals surface area contributed by atoms with E-state index in [-0.39, 0.29) is 0 Å². The molecule has 1 N–H and O–H groups in total. The summed E-state index contributed by atoms with van der Waals surface area (Å²) in [6.07, 6.45) is 0.896. The van der Waals surface area contributed by atoms with Gasteiger partial charge in [0.15, 0.2) is 11.6 Å². The highest BCUT2D eigenvalue weighted by Crippen LogP contribution is 2.33. The Kier molecular flexibility index (Phi) is 3.61. The van der Waals surface area contributed by atoms with Gasteiger partial charge in [-0.2, -0.15) is 0 Å². The number of rotatable bonds is 3. The average Bonchev–Trinajstić information content (AvgIpc) is 2.88. The lowest BCUT2D eigenvalue weighted by atomic mass is 10.1. The third kappa shape index (κ3) is 2.63. The number of fused-ring (bicyclic) bond motifs is 1. The topological polar surface area (TPSA) is 21.3 Å². The van der Waals surface area contributed by atoms with Crippen LogP contribution in [-0.2, 0) is 13.0 Å². The van der Waals surface area contributed by atoms with Gasteiger partial charge in [0.2, 0.25) is 0 Å². The van der Waals surface area contributed by atoms with Crippen LogP contribution in [0.25, 0.3) is 0 Å². The summed E-state index contributed by atoms with van der Waals surface area (Å²) in [4.78, 5) is 0. The Bertz CT molecular complexity index is 661. The number of anilines is 1. The van der Waals surface area contributed by atoms with Gasteiger partial charge >= 0.3 is 0 Å². The molecule has 0 radical (unpaired) electrons. The molecule has 5 heteroatoms. The van der Waals surface area contributed by atoms with Crippen molar-refractivity contribution in [2.45, 2.75) is 13.0 Å². The van der Waals surface area contributed by atoms with Crippen molar-refractivity contribution in [2.75, 3.05) is 11.9 Å². The summed E-state index contributed by atoms with van der Waals surface area (Å²) in [7, 11) is 0. The molecular formula is C15H12BrF2NO. The minimum Gasteiger partial charge on any atom is -0.493 e. The van der Waals surface area contributed by atoms with Crippen molar-refractivity contribution in [1.82, 2.24) is 0 Å². The number of hydrogen-bond acceptors (Lipinski definition) is 2. The van der Waals surface area contributed by atoms with Crippen molar-refractivity contribution in [1.29, 1.82) is 0 Å². The molecule has 0 atom stereocenters. The molecule has 0 amide bonds. The van der Waals surface area contributed by atoms with Gasteiger partial charge in [-0.05, 0) is 29.8 Å². The average molecular weight is 340 g/mol. The van der Waals surface area contributed by atoms with Crippen LogP contribution < -0.4 is 10.1 Å². The summed E-state index contributed by atoms with van der Waals surface area (Å²) in [5.74, 6) is -0.809. The molecular weight excluding hydrogens is 328 g/mol. The first-order valence-corrected chi connectivity index (χ1v) is 7.06. The molecule has 1 aliphatic rings. The molecule has 0 fully saturated rings. The van der Waals surface area contributed by atoms with E-state index >= 15 is 0 Å². The van der Waals surface area contributed by atoms with Crippen LogP contribution in [0.4, 0.5) is 14.5 Å². The summed E-state index contributed by atoms with van der Waals surface area (Å²) < 4.78 is 32.6. The van der Waals surface area contributed by atoms with Gasteiger partial charge in [-0.3, -0.25) is 0 Å². The van der Waals surface area contributed by atoms with Gasteiger partial charge in [-0.1, -0.05) is 15.9 Å². The Balaban J connectivity index is 1.80. The second-order valence-corrected chi connectivity index (χ2v) is 5.55. The molecule has 2 nitrogen and oxygen atoms in total. The zero-order chi connectivity index (χ0) is 14.1. The van der Waals surface area contributed by atoms with Crippen LogP contribution >= 0.6 is 15.9 Å². The predicted molar refractivity (Wildman–Crippen MR) is 77.0 cm³/mol. The maximum Gasteiger partial charge on any atom is 0.160 e. The van der Waals surface area contributed by atoms with E-state index in [2.05, 4.69) is 21.2 Å². The van der Waals surface area contributed by atoms with E-state index in [9.17, 15) is 8.78 Å². The van der Waals surface area contributed by atoms with E-state index < -0.39 is 11.6 Å². The van der Waals surface area contributed by atoms with E-state index in [1.54, 1.807) is 0 Å². The lowest BCUT2D eigenvalue weighted by Crippen LogP contribution is -2.02. The third-order valence-electron chi connectivity index (χ3n) is 3.23. The summed E-state index contributed by atoms with van der Waals surface area (Å²) in [5.41, 5.74) is 2.70. The van der Waals surface area contributed by atoms with E-state index in [4.69, 9.17) is 4.74 Å². The van der Waals surface area contributed by atoms with Gasteiger partial charge < -0.3 is 10.1 Å². The first kappa shape index (κ1) is 13.4. The maximum atomic E-state index is 13.1. The molecule has 0 aromatic heterocycles. The standard InChI is InChI=1S/C15H12BrF2NO/c16-11-5-9-3-4-20-15(9)10(6-11)8-19-12-1-2-13(17)14(18)7-12/h1-2,5-7,19H,3-4,8H2. The molecule has 2 aromatic rings. The number of nitrogens with one attached hydrogen (secondary N) is 1. The molecule has 2 aromatic carbocycles. The van der Waals surface area contributed by atoms with Gasteiger partial charge in [0.25, 0.3) is 0 Å². The number of halogens is 3. The first-order chi connectivity index (χ1) is 9.63. The number of benzene rings is 2. The highest BCUT2D eigenvalue weighted by atomic mass is 79.9. The first-order valence-electron chi connectivity index (χ1n) is 6.26. The largest absolute Gasteiger partial charge is 0.493 e. The van der Waals surface area contributed by atoms with Crippen molar-refractivity contribution >= 4 is 21.6 Å². The molecule has 0 aliphatic carbocycles. The van der Waals surface area contributed by atoms with E-state index in [0.717, 1.165) is 34.3 Å². The Morgan fingerprint density at radius 3 is 2.80 bits per heavy atom. The molecule has 20 heavy (non-hydrogen) atoms. The van der Waals surface area contributed by atoms with Gasteiger partial charge in [-0.25, -0.2) is 8.78 Å². The molecule has 0 spiro atoms. The van der Waals surface area contributed by atoms with Gasteiger partial charge in [0, 0.05) is 34.8 Å². The lowest BCUT2D eigenvalue weighted by Gasteiger charge is -2.11. The van der Waals surface area contributed by atoms with Crippen LogP contribution in [0.1, 0.15) is 11.1 Å². The van der Waals surface area contributed by atoms with E-state index in [1.807, 2.05) is 12.1 Å². The highest BCUT2D eigenvalue weighted by molar-refractivity contribution is 9.10. The fraction of sp³-hybridized carbons (Fsp3) is 0.200. The van der Waals surface area contributed by atoms with Crippen LogP contribution in [-0.4, -0.2) is 6.61 Å². The van der Waals surface area contributed by atoms with Crippen LogP contribution in [0.15, 0.2) is 34.8 Å². The molecule has 0 unspecified atom stereocenters. The smallest absolute Gasteiger partial charge is 0.160 e. The summed E-state index contributed by atoms with van der Waals surface area (Å²) in [5, 5.41) is 3.08. The fourth-order valence-electron chi connectivity index (χ4n) is 2.28. The van der Waals surface area contributed by atoms with Crippen molar-refractivity contribution in [3.8, 4) is 5.75 Å². The van der Waals surface area contributed by atoms with Gasteiger partial charge in [0.1, 0.15) is 5.75 Å². The number of hydrogen-bond donors (Lipinski definition) is 1. The molecule has 104 valence electrons. The monoisotopic (exact) mass is 339 g/mol. The predicted octanol–water partition coefficient (Wildman–Crippen LogP) is 4.27. The Morgan fingerprint density at radius 2 is 2.00 bits per heavy atom. The van der Waals surface area contributed by atoms with Crippen LogP contribution in [0.2, 0.25) is 0 Å². The molecule has 1 aliphatic heterocycles.